The molecule has 4 rings (SSSR count). The molecular weight excluding hydrogens is 516 g/mol. The number of aromatic nitrogens is 2. The van der Waals surface area contributed by atoms with Crippen LogP contribution in [0.25, 0.3) is 0 Å². The van der Waals surface area contributed by atoms with E-state index < -0.39 is 25.8 Å². The lowest BCUT2D eigenvalue weighted by Gasteiger charge is -2.17. The molecule has 12 heteroatoms. The second-order valence-electron chi connectivity index (χ2n) is 8.32. The average molecular weight is 541 g/mol. The van der Waals surface area contributed by atoms with Crippen molar-refractivity contribution in [2.24, 2.45) is 0 Å². The van der Waals surface area contributed by atoms with E-state index in [0.717, 1.165) is 17.4 Å². The second kappa shape index (κ2) is 10.6. The lowest BCUT2D eigenvalue weighted by atomic mass is 10.1. The van der Waals surface area contributed by atoms with Crippen LogP contribution in [0.2, 0.25) is 0 Å². The molecule has 1 aromatic heterocycles. The predicted octanol–water partition coefficient (Wildman–Crippen LogP) is 3.14. The molecule has 3 aromatic carbocycles. The molecule has 0 bridgehead atoms. The molecule has 0 aliphatic heterocycles. The zero-order valence-electron chi connectivity index (χ0n) is 20.0. The van der Waals surface area contributed by atoms with Crippen molar-refractivity contribution in [1.29, 1.82) is 0 Å². The number of carbonyl (C=O) groups excluding carboxylic acids is 1. The van der Waals surface area contributed by atoms with Crippen molar-refractivity contribution in [1.82, 2.24) is 14.5 Å². The maximum Gasteiger partial charge on any atom is 0.322 e. The van der Waals surface area contributed by atoms with Gasteiger partial charge in [0.2, 0.25) is 15.9 Å². The third-order valence-electron chi connectivity index (χ3n) is 5.47. The Morgan fingerprint density at radius 1 is 0.838 bits per heavy atom. The van der Waals surface area contributed by atoms with Gasteiger partial charge in [-0.1, -0.05) is 47.6 Å². The van der Waals surface area contributed by atoms with Crippen LogP contribution in [0.15, 0.2) is 93.1 Å². The van der Waals surface area contributed by atoms with Crippen LogP contribution in [-0.2, 0) is 32.8 Å². The average Bonchev–Trinajstić information content (AvgIpc) is 3.31. The molecular formula is C25H24N4O6S2. The number of sulfone groups is 1. The van der Waals surface area contributed by atoms with Crippen LogP contribution < -0.4 is 5.32 Å². The monoisotopic (exact) mass is 540 g/mol. The molecule has 0 saturated carbocycles. The van der Waals surface area contributed by atoms with E-state index in [2.05, 4.69) is 15.5 Å². The Labute approximate surface area is 214 Å². The number of hydrogen-bond donors (Lipinski definition) is 1. The summed E-state index contributed by atoms with van der Waals surface area (Å²) >= 11 is 0. The zero-order valence-corrected chi connectivity index (χ0v) is 21.7. The summed E-state index contributed by atoms with van der Waals surface area (Å²) in [6.07, 6.45) is 1.38. The van der Waals surface area contributed by atoms with Crippen LogP contribution in [-0.4, -0.2) is 50.5 Å². The van der Waals surface area contributed by atoms with E-state index in [-0.39, 0.29) is 40.2 Å². The van der Waals surface area contributed by atoms with Crippen molar-refractivity contribution in [2.75, 3.05) is 18.6 Å². The van der Waals surface area contributed by atoms with Gasteiger partial charge in [-0.15, -0.1) is 5.10 Å². The molecule has 0 fully saturated rings. The molecule has 10 nitrogen and oxygen atoms in total. The summed E-state index contributed by atoms with van der Waals surface area (Å²) in [5, 5.41) is 10.2. The van der Waals surface area contributed by atoms with Crippen LogP contribution in [0.5, 0.6) is 0 Å². The van der Waals surface area contributed by atoms with Gasteiger partial charge in [0.05, 0.1) is 16.2 Å². The Bertz CT molecular complexity index is 1600. The van der Waals surface area contributed by atoms with Gasteiger partial charge in [0.25, 0.3) is 5.91 Å². The largest absolute Gasteiger partial charge is 0.407 e. The Kier molecular flexibility index (Phi) is 7.52. The minimum absolute atomic E-state index is 0.0597. The molecule has 1 amide bonds. The molecule has 0 aliphatic rings. The van der Waals surface area contributed by atoms with E-state index >= 15 is 0 Å². The summed E-state index contributed by atoms with van der Waals surface area (Å²) in [4.78, 5) is 12.9. The van der Waals surface area contributed by atoms with Crippen LogP contribution in [0, 0.1) is 0 Å². The van der Waals surface area contributed by atoms with Gasteiger partial charge in [-0.25, -0.2) is 16.8 Å². The summed E-state index contributed by atoms with van der Waals surface area (Å²) in [5.41, 5.74) is 1.82. The van der Waals surface area contributed by atoms with E-state index in [1.54, 1.807) is 12.1 Å². The van der Waals surface area contributed by atoms with Crippen molar-refractivity contribution in [3.8, 4) is 0 Å². The van der Waals surface area contributed by atoms with Gasteiger partial charge >= 0.3 is 6.01 Å². The molecule has 1 heterocycles. The maximum absolute atomic E-state index is 12.9. The molecule has 0 unspecified atom stereocenters. The van der Waals surface area contributed by atoms with Crippen LogP contribution in [0.4, 0.5) is 6.01 Å². The van der Waals surface area contributed by atoms with Crippen LogP contribution in [0.1, 0.15) is 27.4 Å². The molecule has 192 valence electrons. The van der Waals surface area contributed by atoms with E-state index in [9.17, 15) is 21.6 Å². The molecule has 0 saturated heterocycles. The molecule has 1 N–H and O–H groups in total. The lowest BCUT2D eigenvalue weighted by Crippen LogP contribution is -2.26. The first-order valence-electron chi connectivity index (χ1n) is 11.1. The van der Waals surface area contributed by atoms with E-state index in [1.807, 2.05) is 30.3 Å². The van der Waals surface area contributed by atoms with Gasteiger partial charge in [0.1, 0.15) is 0 Å². The standard InChI is InChI=1S/C25H24N4O6S2/c1-29(17-19-6-4-3-5-7-19)37(33,34)22-14-10-20(11-15-22)24(30)26-25-28-27-23(35-25)16-18-8-12-21(13-9-18)36(2,31)32/h3-15H,16-17H2,1-2H3,(H,26,28,30). The number of benzene rings is 3. The number of hydrogen-bond acceptors (Lipinski definition) is 8. The summed E-state index contributed by atoms with van der Waals surface area (Å²) < 4.78 is 55.6. The fourth-order valence-electron chi connectivity index (χ4n) is 3.46. The smallest absolute Gasteiger partial charge is 0.322 e. The summed E-state index contributed by atoms with van der Waals surface area (Å²) in [5.74, 6) is -0.320. The summed E-state index contributed by atoms with van der Waals surface area (Å²) in [7, 11) is -5.54. The topological polar surface area (TPSA) is 140 Å². The van der Waals surface area contributed by atoms with E-state index in [4.69, 9.17) is 4.42 Å². The van der Waals surface area contributed by atoms with Gasteiger partial charge in [-0.3, -0.25) is 10.1 Å². The second-order valence-corrected chi connectivity index (χ2v) is 12.4. The molecule has 0 radical (unpaired) electrons. The molecule has 4 aromatic rings. The van der Waals surface area contributed by atoms with Crippen molar-refractivity contribution < 1.29 is 26.0 Å². The fourth-order valence-corrected chi connectivity index (χ4v) is 5.25. The Morgan fingerprint density at radius 2 is 1.46 bits per heavy atom. The van der Waals surface area contributed by atoms with E-state index in [0.29, 0.717) is 0 Å². The molecule has 37 heavy (non-hydrogen) atoms. The number of anilines is 1. The highest BCUT2D eigenvalue weighted by Gasteiger charge is 2.21. The Balaban J connectivity index is 1.38. The summed E-state index contributed by atoms with van der Waals surface area (Å²) in [6.45, 7) is 0.215. The number of carbonyl (C=O) groups is 1. The first kappa shape index (κ1) is 26.2. The third kappa shape index (κ3) is 6.47. The molecule has 0 atom stereocenters. The Morgan fingerprint density at radius 3 is 2.08 bits per heavy atom. The minimum Gasteiger partial charge on any atom is -0.407 e. The van der Waals surface area contributed by atoms with Gasteiger partial charge in [0, 0.05) is 25.4 Å². The lowest BCUT2D eigenvalue weighted by molar-refractivity contribution is 0.102. The number of sulfonamides is 1. The highest BCUT2D eigenvalue weighted by molar-refractivity contribution is 7.90. The van der Waals surface area contributed by atoms with E-state index in [1.165, 1.54) is 47.8 Å². The van der Waals surface area contributed by atoms with Crippen LogP contribution in [0.3, 0.4) is 0 Å². The third-order valence-corrected chi connectivity index (χ3v) is 8.41. The first-order valence-corrected chi connectivity index (χ1v) is 14.4. The summed E-state index contributed by atoms with van der Waals surface area (Å²) in [6, 6.07) is 20.9. The van der Waals surface area contributed by atoms with Gasteiger partial charge in [0.15, 0.2) is 9.84 Å². The van der Waals surface area contributed by atoms with Crippen LogP contribution >= 0.6 is 0 Å². The number of rotatable bonds is 9. The van der Waals surface area contributed by atoms with Crippen molar-refractivity contribution in [2.45, 2.75) is 22.8 Å². The quantitative estimate of drug-likeness (QED) is 0.342. The molecule has 0 aliphatic carbocycles. The number of nitrogens with one attached hydrogen (secondary N) is 1. The highest BCUT2D eigenvalue weighted by atomic mass is 32.2. The number of nitrogens with zero attached hydrogens (tertiary/aromatic N) is 3. The van der Waals surface area contributed by atoms with Gasteiger partial charge in [-0.2, -0.15) is 4.31 Å². The van der Waals surface area contributed by atoms with Gasteiger partial charge < -0.3 is 4.42 Å². The minimum atomic E-state index is -3.75. The van der Waals surface area contributed by atoms with Crippen molar-refractivity contribution >= 4 is 31.8 Å². The number of amides is 1. The normalized spacial score (nSPS) is 12.0. The van der Waals surface area contributed by atoms with Crippen molar-refractivity contribution in [3.63, 3.8) is 0 Å². The molecule has 0 spiro atoms. The Hall–Kier alpha value is -3.87. The predicted molar refractivity (Wildman–Crippen MR) is 136 cm³/mol. The highest BCUT2D eigenvalue weighted by Crippen LogP contribution is 2.19. The maximum atomic E-state index is 12.9. The fraction of sp³-hybridized carbons (Fsp3) is 0.160. The SMILES string of the molecule is CN(Cc1ccccc1)S(=O)(=O)c1ccc(C(=O)Nc2nnc(Cc3ccc(S(C)(=O)=O)cc3)o2)cc1. The van der Waals surface area contributed by atoms with Crippen molar-refractivity contribution in [3.05, 3.63) is 101 Å². The van der Waals surface area contributed by atoms with Gasteiger partial charge in [-0.05, 0) is 47.5 Å². The zero-order chi connectivity index (χ0) is 26.6. The first-order chi connectivity index (χ1) is 17.5.